The van der Waals surface area contributed by atoms with Gasteiger partial charge in [0.05, 0.1) is 0 Å². The zero-order valence-electron chi connectivity index (χ0n) is 17.0. The molecule has 28 heavy (non-hydrogen) atoms. The Morgan fingerprint density at radius 2 is 1.46 bits per heavy atom. The summed E-state index contributed by atoms with van der Waals surface area (Å²) in [5.74, 6) is 0. The second-order valence-corrected chi connectivity index (χ2v) is 8.53. The quantitative estimate of drug-likeness (QED) is 0.542. The molecule has 3 aliphatic rings. The van der Waals surface area contributed by atoms with Crippen LogP contribution in [0.25, 0.3) is 17.7 Å². The molecule has 0 spiro atoms. The fourth-order valence-corrected chi connectivity index (χ4v) is 5.15. The van der Waals surface area contributed by atoms with Crippen LogP contribution in [-0.4, -0.2) is 4.57 Å². The molecule has 1 aromatic heterocycles. The summed E-state index contributed by atoms with van der Waals surface area (Å²) in [7, 11) is 0. The number of aromatic nitrogens is 1. The lowest BCUT2D eigenvalue weighted by Crippen LogP contribution is -2.12. The summed E-state index contributed by atoms with van der Waals surface area (Å²) in [6.45, 7) is 4.67. The Kier molecular flexibility index (Phi) is 4.47. The molecule has 0 aliphatic heterocycles. The largest absolute Gasteiger partial charge is 0.345 e. The highest BCUT2D eigenvalue weighted by Gasteiger charge is 2.27. The molecule has 0 unspecified atom stereocenters. The molecule has 1 heterocycles. The Balaban J connectivity index is 1.66. The molecule has 142 valence electrons. The van der Waals surface area contributed by atoms with Gasteiger partial charge < -0.3 is 4.57 Å². The van der Waals surface area contributed by atoms with Crippen LogP contribution in [-0.2, 0) is 12.8 Å². The first-order valence-corrected chi connectivity index (χ1v) is 10.8. The Morgan fingerprint density at radius 3 is 2.11 bits per heavy atom. The first-order chi connectivity index (χ1) is 13.7. The van der Waals surface area contributed by atoms with Crippen LogP contribution in [0.4, 0.5) is 0 Å². The maximum Gasteiger partial charge on any atom is 0.0280 e. The number of nitrogens with zero attached hydrogens (tertiary/aromatic N) is 1. The number of allylic oxidation sites excluding steroid dienone is 6. The van der Waals surface area contributed by atoms with Crippen molar-refractivity contribution in [1.82, 2.24) is 4.57 Å². The molecule has 0 saturated carbocycles. The van der Waals surface area contributed by atoms with Gasteiger partial charge in [-0.2, -0.15) is 0 Å². The normalized spacial score (nSPS) is 18.3. The van der Waals surface area contributed by atoms with Crippen LogP contribution in [0, 0.1) is 0 Å². The molecule has 3 aliphatic carbocycles. The van der Waals surface area contributed by atoms with Crippen molar-refractivity contribution in [1.29, 1.82) is 0 Å². The molecule has 2 aromatic rings. The van der Waals surface area contributed by atoms with E-state index >= 15 is 0 Å². The average molecular weight is 368 g/mol. The van der Waals surface area contributed by atoms with E-state index in [4.69, 9.17) is 0 Å². The Labute approximate surface area is 168 Å². The van der Waals surface area contributed by atoms with E-state index < -0.39 is 0 Å². The zero-order chi connectivity index (χ0) is 19.1. The third kappa shape index (κ3) is 2.94. The number of fused-ring (bicyclic) bond motifs is 3. The third-order valence-corrected chi connectivity index (χ3v) is 6.42. The molecule has 0 saturated heterocycles. The van der Waals surface area contributed by atoms with E-state index in [1.165, 1.54) is 46.3 Å². The van der Waals surface area contributed by atoms with E-state index in [0.29, 0.717) is 6.04 Å². The van der Waals surface area contributed by atoms with Gasteiger partial charge in [0, 0.05) is 28.6 Å². The van der Waals surface area contributed by atoms with Crippen molar-refractivity contribution in [3.63, 3.8) is 0 Å². The van der Waals surface area contributed by atoms with Crippen molar-refractivity contribution in [2.24, 2.45) is 0 Å². The fourth-order valence-electron chi connectivity index (χ4n) is 5.15. The minimum Gasteiger partial charge on any atom is -0.345 e. The molecule has 0 N–H and O–H groups in total. The number of hydrogen-bond donors (Lipinski definition) is 0. The van der Waals surface area contributed by atoms with Gasteiger partial charge in [0.2, 0.25) is 0 Å². The average Bonchev–Trinajstić information content (AvgIpc) is 3.08. The molecule has 1 nitrogen and oxygen atoms in total. The zero-order valence-corrected chi connectivity index (χ0v) is 17.0. The molecule has 0 amide bonds. The third-order valence-electron chi connectivity index (χ3n) is 6.42. The monoisotopic (exact) mass is 367 g/mol. The maximum absolute atomic E-state index is 2.64. The maximum atomic E-state index is 2.64. The summed E-state index contributed by atoms with van der Waals surface area (Å²) in [6, 6.07) is 11.4. The highest BCUT2D eigenvalue weighted by molar-refractivity contribution is 5.88. The summed E-state index contributed by atoms with van der Waals surface area (Å²) in [6.07, 6.45) is 19.0. The van der Waals surface area contributed by atoms with Gasteiger partial charge in [-0.1, -0.05) is 48.6 Å². The molecule has 5 rings (SSSR count). The van der Waals surface area contributed by atoms with Crippen LogP contribution in [0.5, 0.6) is 0 Å². The number of benzene rings is 1. The van der Waals surface area contributed by atoms with Crippen molar-refractivity contribution in [3.05, 3.63) is 87.8 Å². The van der Waals surface area contributed by atoms with Crippen molar-refractivity contribution in [2.45, 2.75) is 58.4 Å². The van der Waals surface area contributed by atoms with Gasteiger partial charge in [-0.05, 0) is 86.8 Å². The van der Waals surface area contributed by atoms with E-state index in [1.807, 2.05) is 0 Å². The molecule has 0 radical (unpaired) electrons. The Morgan fingerprint density at radius 1 is 0.786 bits per heavy atom. The second-order valence-electron chi connectivity index (χ2n) is 8.53. The lowest BCUT2D eigenvalue weighted by atomic mass is 9.86. The highest BCUT2D eigenvalue weighted by Crippen LogP contribution is 2.41. The van der Waals surface area contributed by atoms with Crippen LogP contribution in [0.1, 0.15) is 73.7 Å². The summed E-state index contributed by atoms with van der Waals surface area (Å²) in [5.41, 5.74) is 11.9. The van der Waals surface area contributed by atoms with Gasteiger partial charge in [0.1, 0.15) is 0 Å². The van der Waals surface area contributed by atoms with Crippen molar-refractivity contribution < 1.29 is 0 Å². The first-order valence-electron chi connectivity index (χ1n) is 10.8. The molecular weight excluding hydrogens is 338 g/mol. The molecule has 0 fully saturated rings. The van der Waals surface area contributed by atoms with E-state index in [-0.39, 0.29) is 0 Å². The molecule has 0 bridgehead atoms. The Hall–Kier alpha value is -2.54. The van der Waals surface area contributed by atoms with Gasteiger partial charge in [-0.25, -0.2) is 0 Å². The van der Waals surface area contributed by atoms with Crippen molar-refractivity contribution >= 4 is 17.7 Å². The first kappa shape index (κ1) is 17.6. The minimum absolute atomic E-state index is 0.521. The molecular formula is C27H29N. The van der Waals surface area contributed by atoms with E-state index in [0.717, 1.165) is 25.7 Å². The predicted octanol–water partition coefficient (Wildman–Crippen LogP) is 7.16. The van der Waals surface area contributed by atoms with Gasteiger partial charge in [0.25, 0.3) is 0 Å². The highest BCUT2D eigenvalue weighted by atomic mass is 15.0. The van der Waals surface area contributed by atoms with Crippen LogP contribution < -0.4 is 0 Å². The van der Waals surface area contributed by atoms with Gasteiger partial charge >= 0.3 is 0 Å². The molecule has 1 aromatic carbocycles. The second kappa shape index (κ2) is 7.13. The SMILES string of the molecule is CC(C)n1c2c(c3c1CCC(c1ccccc1)=C3)C=C(C1=CCCC=C1)CC2. The van der Waals surface area contributed by atoms with Crippen LogP contribution >= 0.6 is 0 Å². The standard InChI is InChI=1S/C27H29N/c1-19(2)28-26-15-13-22(20-9-5-3-6-10-20)17-24(26)25-18-23(14-16-27(25)28)21-11-7-4-8-12-21/h3,5-7,9-12,17-19H,4,8,13-16H2,1-2H3. The van der Waals surface area contributed by atoms with E-state index in [9.17, 15) is 0 Å². The van der Waals surface area contributed by atoms with Gasteiger partial charge in [-0.15, -0.1) is 0 Å². The smallest absolute Gasteiger partial charge is 0.0280 e. The van der Waals surface area contributed by atoms with Gasteiger partial charge in [-0.3, -0.25) is 0 Å². The fraction of sp³-hybridized carbons (Fsp3) is 0.333. The van der Waals surface area contributed by atoms with Crippen LogP contribution in [0.3, 0.4) is 0 Å². The number of rotatable bonds is 3. The summed E-state index contributed by atoms with van der Waals surface area (Å²) in [4.78, 5) is 0. The summed E-state index contributed by atoms with van der Waals surface area (Å²) >= 11 is 0. The topological polar surface area (TPSA) is 4.93 Å². The molecule has 1 heteroatoms. The minimum atomic E-state index is 0.521. The number of hydrogen-bond acceptors (Lipinski definition) is 0. The predicted molar refractivity (Wildman–Crippen MR) is 120 cm³/mol. The van der Waals surface area contributed by atoms with E-state index in [1.54, 1.807) is 11.4 Å². The summed E-state index contributed by atoms with van der Waals surface area (Å²) in [5, 5.41) is 0. The lowest BCUT2D eigenvalue weighted by Gasteiger charge is -2.22. The van der Waals surface area contributed by atoms with Crippen LogP contribution in [0.2, 0.25) is 0 Å². The lowest BCUT2D eigenvalue weighted by molar-refractivity contribution is 0.548. The van der Waals surface area contributed by atoms with Crippen molar-refractivity contribution in [2.75, 3.05) is 0 Å². The van der Waals surface area contributed by atoms with E-state index in [2.05, 4.69) is 79.1 Å². The summed E-state index contributed by atoms with van der Waals surface area (Å²) < 4.78 is 2.64. The molecule has 0 atom stereocenters. The Bertz CT molecular complexity index is 1020. The van der Waals surface area contributed by atoms with Crippen molar-refractivity contribution in [3.8, 4) is 0 Å². The van der Waals surface area contributed by atoms with Crippen LogP contribution in [0.15, 0.2) is 59.7 Å². The van der Waals surface area contributed by atoms with Gasteiger partial charge in [0.15, 0.2) is 0 Å².